The number of esters is 1. The van der Waals surface area contributed by atoms with Gasteiger partial charge in [0.2, 0.25) is 0 Å². The summed E-state index contributed by atoms with van der Waals surface area (Å²) >= 11 is 1.59. The second kappa shape index (κ2) is 5.21. The monoisotopic (exact) mass is 288 g/mol. The van der Waals surface area contributed by atoms with Crippen LogP contribution in [0.25, 0.3) is 5.57 Å². The van der Waals surface area contributed by atoms with Crippen molar-refractivity contribution in [3.8, 4) is 0 Å². The Balaban J connectivity index is 2.18. The van der Waals surface area contributed by atoms with Crippen molar-refractivity contribution in [2.24, 2.45) is 0 Å². The number of carbonyl (C=O) groups is 1. The largest absolute Gasteiger partial charge is 0.462 e. The Labute approximate surface area is 120 Å². The molecule has 2 nitrogen and oxygen atoms in total. The first-order valence-corrected chi connectivity index (χ1v) is 7.25. The standard InChI is InChI=1S/C16H13FO2S/c1-10-8-14(20-9-10)15(13-6-7-19-16(13)18)11-2-4-12(17)5-3-11/h2-5,8-9H,6-7H2,1H3. The van der Waals surface area contributed by atoms with E-state index in [9.17, 15) is 9.18 Å². The Morgan fingerprint density at radius 2 is 2.05 bits per heavy atom. The van der Waals surface area contributed by atoms with E-state index in [1.165, 1.54) is 12.1 Å². The summed E-state index contributed by atoms with van der Waals surface area (Å²) in [4.78, 5) is 12.9. The van der Waals surface area contributed by atoms with E-state index in [0.717, 1.165) is 21.6 Å². The van der Waals surface area contributed by atoms with Gasteiger partial charge in [0, 0.05) is 22.4 Å². The third-order valence-corrected chi connectivity index (χ3v) is 4.31. The molecule has 0 atom stereocenters. The predicted molar refractivity (Wildman–Crippen MR) is 77.1 cm³/mol. The Kier molecular flexibility index (Phi) is 3.40. The van der Waals surface area contributed by atoms with Crippen LogP contribution in [0.15, 0.2) is 41.3 Å². The van der Waals surface area contributed by atoms with Crippen LogP contribution < -0.4 is 0 Å². The van der Waals surface area contributed by atoms with Gasteiger partial charge in [0.1, 0.15) is 5.82 Å². The molecule has 102 valence electrons. The van der Waals surface area contributed by atoms with E-state index in [1.54, 1.807) is 23.5 Å². The zero-order valence-electron chi connectivity index (χ0n) is 11.0. The molecule has 20 heavy (non-hydrogen) atoms. The molecule has 0 unspecified atom stereocenters. The van der Waals surface area contributed by atoms with E-state index in [-0.39, 0.29) is 11.8 Å². The van der Waals surface area contributed by atoms with Gasteiger partial charge in [-0.05, 0) is 41.6 Å². The summed E-state index contributed by atoms with van der Waals surface area (Å²) in [5, 5.41) is 2.04. The van der Waals surface area contributed by atoms with E-state index in [4.69, 9.17) is 4.74 Å². The summed E-state index contributed by atoms with van der Waals surface area (Å²) in [6.45, 7) is 2.43. The zero-order chi connectivity index (χ0) is 14.1. The average Bonchev–Trinajstić information content (AvgIpc) is 3.03. The summed E-state index contributed by atoms with van der Waals surface area (Å²) in [5.41, 5.74) is 3.54. The molecule has 0 amide bonds. The van der Waals surface area contributed by atoms with Crippen LogP contribution in [-0.4, -0.2) is 12.6 Å². The molecule has 2 heterocycles. The second-order valence-corrected chi connectivity index (χ2v) is 5.65. The van der Waals surface area contributed by atoms with Crippen molar-refractivity contribution in [3.63, 3.8) is 0 Å². The van der Waals surface area contributed by atoms with Crippen molar-refractivity contribution in [3.05, 3.63) is 63.1 Å². The maximum atomic E-state index is 13.1. The Morgan fingerprint density at radius 1 is 1.30 bits per heavy atom. The number of hydrogen-bond acceptors (Lipinski definition) is 3. The number of hydrogen-bond donors (Lipinski definition) is 0. The number of benzene rings is 1. The van der Waals surface area contributed by atoms with E-state index < -0.39 is 0 Å². The van der Waals surface area contributed by atoms with Crippen LogP contribution in [0.4, 0.5) is 4.39 Å². The summed E-state index contributed by atoms with van der Waals surface area (Å²) in [7, 11) is 0. The second-order valence-electron chi connectivity index (χ2n) is 4.73. The maximum absolute atomic E-state index is 13.1. The minimum absolute atomic E-state index is 0.268. The highest BCUT2D eigenvalue weighted by Gasteiger charge is 2.25. The molecule has 0 N–H and O–H groups in total. The van der Waals surface area contributed by atoms with Gasteiger partial charge < -0.3 is 4.74 Å². The molecule has 0 bridgehead atoms. The van der Waals surface area contributed by atoms with E-state index >= 15 is 0 Å². The van der Waals surface area contributed by atoms with Crippen LogP contribution in [-0.2, 0) is 9.53 Å². The molecule has 1 aliphatic rings. The predicted octanol–water partition coefficient (Wildman–Crippen LogP) is 3.94. The van der Waals surface area contributed by atoms with Crippen molar-refractivity contribution in [2.45, 2.75) is 13.3 Å². The fraction of sp³-hybridized carbons (Fsp3) is 0.188. The van der Waals surface area contributed by atoms with Gasteiger partial charge in [-0.25, -0.2) is 9.18 Å². The minimum atomic E-state index is -0.283. The van der Waals surface area contributed by atoms with Crippen molar-refractivity contribution < 1.29 is 13.9 Å². The van der Waals surface area contributed by atoms with Gasteiger partial charge in [-0.3, -0.25) is 0 Å². The first-order valence-electron chi connectivity index (χ1n) is 6.37. The average molecular weight is 288 g/mol. The van der Waals surface area contributed by atoms with Crippen LogP contribution >= 0.6 is 11.3 Å². The van der Waals surface area contributed by atoms with Crippen LogP contribution in [0.5, 0.6) is 0 Å². The van der Waals surface area contributed by atoms with E-state index in [1.807, 2.05) is 18.4 Å². The highest BCUT2D eigenvalue weighted by Crippen LogP contribution is 2.35. The third kappa shape index (κ3) is 2.39. The SMILES string of the molecule is Cc1csc(C(=C2CCOC2=O)c2ccc(F)cc2)c1. The van der Waals surface area contributed by atoms with E-state index in [0.29, 0.717) is 18.6 Å². The number of halogens is 1. The number of thiophene rings is 1. The quantitative estimate of drug-likeness (QED) is 0.618. The fourth-order valence-electron chi connectivity index (χ4n) is 2.31. The lowest BCUT2D eigenvalue weighted by molar-refractivity contribution is -0.135. The summed E-state index contributed by atoms with van der Waals surface area (Å²) in [6.07, 6.45) is 0.600. The molecule has 0 saturated carbocycles. The third-order valence-electron chi connectivity index (χ3n) is 3.24. The van der Waals surface area contributed by atoms with Crippen LogP contribution in [0.2, 0.25) is 0 Å². The molecule has 1 fully saturated rings. The molecular formula is C16H13FO2S. The minimum Gasteiger partial charge on any atom is -0.462 e. The van der Waals surface area contributed by atoms with Gasteiger partial charge >= 0.3 is 5.97 Å². The van der Waals surface area contributed by atoms with Crippen LogP contribution in [0.1, 0.15) is 22.4 Å². The van der Waals surface area contributed by atoms with Crippen molar-refractivity contribution in [2.75, 3.05) is 6.61 Å². The maximum Gasteiger partial charge on any atom is 0.334 e. The van der Waals surface area contributed by atoms with Gasteiger partial charge in [0.25, 0.3) is 0 Å². The lowest BCUT2D eigenvalue weighted by Crippen LogP contribution is -2.00. The van der Waals surface area contributed by atoms with Gasteiger partial charge in [0.15, 0.2) is 0 Å². The fourth-order valence-corrected chi connectivity index (χ4v) is 3.30. The molecule has 1 saturated heterocycles. The van der Waals surface area contributed by atoms with Gasteiger partial charge in [0.05, 0.1) is 6.61 Å². The van der Waals surface area contributed by atoms with Crippen molar-refractivity contribution in [1.82, 2.24) is 0 Å². The topological polar surface area (TPSA) is 26.3 Å². The molecule has 1 aromatic heterocycles. The highest BCUT2D eigenvalue weighted by molar-refractivity contribution is 7.11. The molecular weight excluding hydrogens is 275 g/mol. The Hall–Kier alpha value is -1.94. The number of cyclic esters (lactones) is 1. The van der Waals surface area contributed by atoms with Crippen molar-refractivity contribution >= 4 is 22.9 Å². The zero-order valence-corrected chi connectivity index (χ0v) is 11.8. The molecule has 2 aromatic rings. The summed E-state index contributed by atoms with van der Waals surface area (Å²) in [6, 6.07) is 8.28. The Bertz CT molecular complexity index is 683. The molecule has 0 radical (unpaired) electrons. The number of carbonyl (C=O) groups excluding carboxylic acids is 1. The molecule has 3 rings (SSSR count). The molecule has 1 aliphatic heterocycles. The highest BCUT2D eigenvalue weighted by atomic mass is 32.1. The van der Waals surface area contributed by atoms with Crippen molar-refractivity contribution in [1.29, 1.82) is 0 Å². The number of ether oxygens (including phenoxy) is 1. The molecule has 1 aromatic carbocycles. The number of rotatable bonds is 2. The number of aryl methyl sites for hydroxylation is 1. The van der Waals surface area contributed by atoms with Gasteiger partial charge in [-0.15, -0.1) is 11.3 Å². The van der Waals surface area contributed by atoms with Gasteiger partial charge in [-0.1, -0.05) is 12.1 Å². The van der Waals surface area contributed by atoms with Crippen LogP contribution in [0, 0.1) is 12.7 Å². The lowest BCUT2D eigenvalue weighted by atomic mass is 9.97. The smallest absolute Gasteiger partial charge is 0.334 e. The first-order chi connectivity index (χ1) is 9.65. The summed E-state index contributed by atoms with van der Waals surface area (Å²) < 4.78 is 18.2. The van der Waals surface area contributed by atoms with Gasteiger partial charge in [-0.2, -0.15) is 0 Å². The molecule has 0 aliphatic carbocycles. The lowest BCUT2D eigenvalue weighted by Gasteiger charge is -2.08. The van der Waals surface area contributed by atoms with Crippen LogP contribution in [0.3, 0.4) is 0 Å². The Morgan fingerprint density at radius 3 is 2.60 bits per heavy atom. The summed E-state index contributed by atoms with van der Waals surface area (Å²) in [5.74, 6) is -0.551. The molecule has 4 heteroatoms. The first kappa shape index (κ1) is 13.1. The van der Waals surface area contributed by atoms with E-state index in [2.05, 4.69) is 0 Å². The molecule has 0 spiro atoms. The normalized spacial score (nSPS) is 17.2.